The van der Waals surface area contributed by atoms with Gasteiger partial charge in [0.25, 0.3) is 0 Å². The summed E-state index contributed by atoms with van der Waals surface area (Å²) in [5, 5.41) is 6.19. The van der Waals surface area contributed by atoms with Crippen LogP contribution in [-0.2, 0) is 16.4 Å². The summed E-state index contributed by atoms with van der Waals surface area (Å²) in [4.78, 5) is 12.4. The van der Waals surface area contributed by atoms with Gasteiger partial charge in [0.05, 0.1) is 11.0 Å². The minimum atomic E-state index is -4.38. The Bertz CT molecular complexity index is 567. The highest BCUT2D eigenvalue weighted by Gasteiger charge is 2.51. The molecule has 2 fully saturated rings. The molecule has 2 N–H and O–H groups in total. The molecule has 0 bridgehead atoms. The third-order valence-corrected chi connectivity index (χ3v) is 4.60. The summed E-state index contributed by atoms with van der Waals surface area (Å²) < 4.78 is 38.5. The second-order valence-electron chi connectivity index (χ2n) is 6.16. The molecular formula is C16H20ClF3N2O. The average molecular weight is 349 g/mol. The van der Waals surface area contributed by atoms with E-state index in [1.54, 1.807) is 6.07 Å². The third-order valence-electron chi connectivity index (χ3n) is 4.60. The van der Waals surface area contributed by atoms with Crippen LogP contribution in [-0.4, -0.2) is 25.0 Å². The number of carbonyl (C=O) groups is 1. The zero-order valence-electron chi connectivity index (χ0n) is 12.6. The Kier molecular flexibility index (Phi) is 5.26. The predicted octanol–water partition coefficient (Wildman–Crippen LogP) is 3.03. The molecule has 3 nitrogen and oxygen atoms in total. The molecule has 0 aromatic heterocycles. The molecule has 1 aliphatic carbocycles. The highest BCUT2D eigenvalue weighted by Crippen LogP contribution is 2.49. The molecule has 128 valence electrons. The lowest BCUT2D eigenvalue weighted by molar-refractivity contribution is -0.137. The molecule has 3 rings (SSSR count). The van der Waals surface area contributed by atoms with Gasteiger partial charge in [0.15, 0.2) is 0 Å². The topological polar surface area (TPSA) is 41.1 Å². The third kappa shape index (κ3) is 3.80. The minimum Gasteiger partial charge on any atom is -0.354 e. The maximum absolute atomic E-state index is 12.8. The van der Waals surface area contributed by atoms with Crippen LogP contribution in [0.5, 0.6) is 0 Å². The molecule has 1 atom stereocenters. The molecule has 1 aromatic carbocycles. The van der Waals surface area contributed by atoms with E-state index in [-0.39, 0.29) is 24.4 Å². The summed E-state index contributed by atoms with van der Waals surface area (Å²) in [6, 6.07) is 5.43. The lowest BCUT2D eigenvalue weighted by Crippen LogP contribution is -2.42. The molecule has 1 saturated heterocycles. The zero-order chi connectivity index (χ0) is 15.8. The number of hydrogen-bond acceptors (Lipinski definition) is 2. The summed E-state index contributed by atoms with van der Waals surface area (Å²) in [6.45, 7) is 1.50. The molecule has 2 aliphatic rings. The molecule has 1 saturated carbocycles. The van der Waals surface area contributed by atoms with Crippen LogP contribution in [0.15, 0.2) is 24.3 Å². The maximum atomic E-state index is 12.8. The van der Waals surface area contributed by atoms with Crippen molar-refractivity contribution in [3.63, 3.8) is 0 Å². The van der Waals surface area contributed by atoms with Crippen LogP contribution in [0.1, 0.15) is 36.8 Å². The van der Waals surface area contributed by atoms with Crippen molar-refractivity contribution < 1.29 is 18.0 Å². The van der Waals surface area contributed by atoms with Gasteiger partial charge in [0, 0.05) is 12.6 Å². The zero-order valence-corrected chi connectivity index (χ0v) is 13.4. The first-order valence-corrected chi connectivity index (χ1v) is 7.61. The van der Waals surface area contributed by atoms with Crippen molar-refractivity contribution in [1.82, 2.24) is 10.6 Å². The van der Waals surface area contributed by atoms with Crippen LogP contribution in [0.4, 0.5) is 13.2 Å². The van der Waals surface area contributed by atoms with E-state index in [0.29, 0.717) is 24.9 Å². The molecular weight excluding hydrogens is 329 g/mol. The molecule has 1 aliphatic heterocycles. The Morgan fingerprint density at radius 2 is 2.09 bits per heavy atom. The molecule has 0 radical (unpaired) electrons. The summed E-state index contributed by atoms with van der Waals surface area (Å²) >= 11 is 0. The molecule has 0 spiro atoms. The number of rotatable bonds is 4. The van der Waals surface area contributed by atoms with E-state index in [0.717, 1.165) is 31.5 Å². The SMILES string of the molecule is Cl.O=C(NCC1CCCN1)C1(c2cccc(C(F)(F)F)c2)CC1. The second-order valence-corrected chi connectivity index (χ2v) is 6.16. The lowest BCUT2D eigenvalue weighted by atomic mass is 9.93. The normalized spacial score (nSPS) is 22.3. The average Bonchev–Trinajstić information content (AvgIpc) is 3.14. The monoisotopic (exact) mass is 348 g/mol. The largest absolute Gasteiger partial charge is 0.416 e. The summed E-state index contributed by atoms with van der Waals surface area (Å²) in [6.07, 6.45) is -1.04. The van der Waals surface area contributed by atoms with Crippen LogP contribution in [0.25, 0.3) is 0 Å². The van der Waals surface area contributed by atoms with Crippen LogP contribution < -0.4 is 10.6 Å². The van der Waals surface area contributed by atoms with Gasteiger partial charge >= 0.3 is 6.18 Å². The van der Waals surface area contributed by atoms with Crippen LogP contribution in [0, 0.1) is 0 Å². The van der Waals surface area contributed by atoms with Gasteiger partial charge in [-0.1, -0.05) is 18.2 Å². The number of alkyl halides is 3. The van der Waals surface area contributed by atoms with Crippen molar-refractivity contribution in [3.8, 4) is 0 Å². The number of amides is 1. The van der Waals surface area contributed by atoms with Crippen molar-refractivity contribution in [2.24, 2.45) is 0 Å². The van der Waals surface area contributed by atoms with Gasteiger partial charge in [-0.3, -0.25) is 4.79 Å². The van der Waals surface area contributed by atoms with E-state index in [4.69, 9.17) is 0 Å². The fourth-order valence-corrected chi connectivity index (χ4v) is 3.08. The Labute approximate surface area is 139 Å². The van der Waals surface area contributed by atoms with Crippen LogP contribution in [0.2, 0.25) is 0 Å². The van der Waals surface area contributed by atoms with Crippen LogP contribution >= 0.6 is 12.4 Å². The number of hydrogen-bond donors (Lipinski definition) is 2. The van der Waals surface area contributed by atoms with Crippen molar-refractivity contribution in [2.75, 3.05) is 13.1 Å². The fourth-order valence-electron chi connectivity index (χ4n) is 3.08. The Hall–Kier alpha value is -1.27. The minimum absolute atomic E-state index is 0. The highest BCUT2D eigenvalue weighted by atomic mass is 35.5. The first-order valence-electron chi connectivity index (χ1n) is 7.61. The Morgan fingerprint density at radius 1 is 1.35 bits per heavy atom. The van der Waals surface area contributed by atoms with E-state index >= 15 is 0 Å². The summed E-state index contributed by atoms with van der Waals surface area (Å²) in [5.41, 5.74) is -0.986. The van der Waals surface area contributed by atoms with E-state index in [2.05, 4.69) is 10.6 Å². The molecule has 1 unspecified atom stereocenters. The van der Waals surface area contributed by atoms with Crippen molar-refractivity contribution >= 4 is 18.3 Å². The first-order chi connectivity index (χ1) is 10.4. The molecule has 23 heavy (non-hydrogen) atoms. The molecule has 7 heteroatoms. The smallest absolute Gasteiger partial charge is 0.354 e. The fraction of sp³-hybridized carbons (Fsp3) is 0.562. The van der Waals surface area contributed by atoms with Gasteiger partial charge in [0.2, 0.25) is 5.91 Å². The van der Waals surface area contributed by atoms with Gasteiger partial charge in [-0.15, -0.1) is 12.4 Å². The second kappa shape index (κ2) is 6.69. The van der Waals surface area contributed by atoms with E-state index < -0.39 is 17.2 Å². The Morgan fingerprint density at radius 3 is 2.65 bits per heavy atom. The van der Waals surface area contributed by atoms with Crippen molar-refractivity contribution in [3.05, 3.63) is 35.4 Å². The van der Waals surface area contributed by atoms with E-state index in [1.807, 2.05) is 0 Å². The van der Waals surface area contributed by atoms with Crippen molar-refractivity contribution in [2.45, 2.75) is 43.3 Å². The van der Waals surface area contributed by atoms with Crippen LogP contribution in [0.3, 0.4) is 0 Å². The standard InChI is InChI=1S/C16H19F3N2O.ClH/c17-16(18,19)12-4-1-3-11(9-12)15(6-7-15)14(22)21-10-13-5-2-8-20-13;/h1,3-4,9,13,20H,2,5-8,10H2,(H,21,22);1H. The van der Waals surface area contributed by atoms with Gasteiger partial charge < -0.3 is 10.6 Å². The lowest BCUT2D eigenvalue weighted by Gasteiger charge is -2.19. The molecule has 1 heterocycles. The predicted molar refractivity (Wildman–Crippen MR) is 83.6 cm³/mol. The van der Waals surface area contributed by atoms with Gasteiger partial charge in [-0.2, -0.15) is 13.2 Å². The van der Waals surface area contributed by atoms with Crippen molar-refractivity contribution in [1.29, 1.82) is 0 Å². The molecule has 1 aromatic rings. The van der Waals surface area contributed by atoms with Gasteiger partial charge in [0.1, 0.15) is 0 Å². The number of halogens is 4. The van der Waals surface area contributed by atoms with Gasteiger partial charge in [-0.25, -0.2) is 0 Å². The summed E-state index contributed by atoms with van der Waals surface area (Å²) in [7, 11) is 0. The highest BCUT2D eigenvalue weighted by molar-refractivity contribution is 5.91. The number of nitrogens with one attached hydrogen (secondary N) is 2. The summed E-state index contributed by atoms with van der Waals surface area (Å²) in [5.74, 6) is -0.152. The number of benzene rings is 1. The van der Waals surface area contributed by atoms with Gasteiger partial charge in [-0.05, 0) is 43.9 Å². The quantitative estimate of drug-likeness (QED) is 0.878. The first kappa shape index (κ1) is 18.1. The maximum Gasteiger partial charge on any atom is 0.416 e. The van der Waals surface area contributed by atoms with E-state index in [1.165, 1.54) is 6.07 Å². The number of carbonyl (C=O) groups excluding carboxylic acids is 1. The molecule has 1 amide bonds. The van der Waals surface area contributed by atoms with E-state index in [9.17, 15) is 18.0 Å². The Balaban J connectivity index is 0.00000192.